The zero-order valence-electron chi connectivity index (χ0n) is 13.0. The van der Waals surface area contributed by atoms with Gasteiger partial charge in [0.2, 0.25) is 11.8 Å². The molecule has 2 aromatic carbocycles. The Morgan fingerprint density at radius 2 is 1.75 bits per heavy atom. The molecule has 7 heteroatoms. The van der Waals surface area contributed by atoms with E-state index < -0.39 is 5.82 Å². The fourth-order valence-corrected chi connectivity index (χ4v) is 2.21. The standard InChI is InChI=1S/C17H17ClFN3O2/c1-11(23)21-13-4-2-3-12(9-13)20-8-7-17(24)22-14-5-6-16(19)15(18)10-14/h2-6,9-10,20H,7-8H2,1H3,(H,21,23)(H,22,24). The molecule has 2 rings (SSSR count). The highest BCUT2D eigenvalue weighted by Gasteiger charge is 2.05. The number of carbonyl (C=O) groups excluding carboxylic acids is 2. The third-order valence-corrected chi connectivity index (χ3v) is 3.36. The van der Waals surface area contributed by atoms with Crippen molar-refractivity contribution in [1.82, 2.24) is 0 Å². The Balaban J connectivity index is 1.82. The first-order chi connectivity index (χ1) is 11.4. The summed E-state index contributed by atoms with van der Waals surface area (Å²) in [6, 6.07) is 11.2. The molecule has 0 radical (unpaired) electrons. The maximum Gasteiger partial charge on any atom is 0.226 e. The molecule has 0 aliphatic rings. The van der Waals surface area contributed by atoms with E-state index in [1.54, 1.807) is 18.2 Å². The fourth-order valence-electron chi connectivity index (χ4n) is 2.03. The molecular formula is C17H17ClFN3O2. The van der Waals surface area contributed by atoms with E-state index in [9.17, 15) is 14.0 Å². The molecule has 0 saturated carbocycles. The van der Waals surface area contributed by atoms with Gasteiger partial charge in [-0.25, -0.2) is 4.39 Å². The van der Waals surface area contributed by atoms with Crippen molar-refractivity contribution >= 4 is 40.5 Å². The molecule has 0 heterocycles. The predicted octanol–water partition coefficient (Wildman–Crippen LogP) is 3.88. The lowest BCUT2D eigenvalue weighted by Gasteiger charge is -2.09. The van der Waals surface area contributed by atoms with Crippen molar-refractivity contribution < 1.29 is 14.0 Å². The Bertz CT molecular complexity index is 752. The average Bonchev–Trinajstić information content (AvgIpc) is 2.51. The summed E-state index contributed by atoms with van der Waals surface area (Å²) in [6.07, 6.45) is 0.222. The largest absolute Gasteiger partial charge is 0.384 e. The van der Waals surface area contributed by atoms with Crippen molar-refractivity contribution in [2.24, 2.45) is 0 Å². The number of rotatable bonds is 6. The second-order valence-electron chi connectivity index (χ2n) is 5.12. The first-order valence-corrected chi connectivity index (χ1v) is 7.68. The van der Waals surface area contributed by atoms with Crippen molar-refractivity contribution in [2.45, 2.75) is 13.3 Å². The molecule has 0 unspecified atom stereocenters. The first kappa shape index (κ1) is 17.7. The molecule has 0 spiro atoms. The van der Waals surface area contributed by atoms with E-state index in [4.69, 9.17) is 11.6 Å². The van der Waals surface area contributed by atoms with Crippen LogP contribution in [-0.4, -0.2) is 18.4 Å². The second-order valence-corrected chi connectivity index (χ2v) is 5.52. The van der Waals surface area contributed by atoms with Gasteiger partial charge in [-0.3, -0.25) is 9.59 Å². The van der Waals surface area contributed by atoms with E-state index in [0.29, 0.717) is 17.9 Å². The number of hydrogen-bond donors (Lipinski definition) is 3. The molecule has 0 fully saturated rings. The van der Waals surface area contributed by atoms with E-state index in [0.717, 1.165) is 5.69 Å². The van der Waals surface area contributed by atoms with Gasteiger partial charge in [0.05, 0.1) is 5.02 Å². The van der Waals surface area contributed by atoms with Gasteiger partial charge in [0.15, 0.2) is 0 Å². The normalized spacial score (nSPS) is 10.1. The summed E-state index contributed by atoms with van der Waals surface area (Å²) in [5, 5.41) is 8.39. The maximum absolute atomic E-state index is 13.1. The van der Waals surface area contributed by atoms with Crippen molar-refractivity contribution in [2.75, 3.05) is 22.5 Å². The quantitative estimate of drug-likeness (QED) is 0.741. The molecule has 0 bridgehead atoms. The van der Waals surface area contributed by atoms with Crippen LogP contribution in [0.15, 0.2) is 42.5 Å². The Morgan fingerprint density at radius 1 is 1.04 bits per heavy atom. The lowest BCUT2D eigenvalue weighted by atomic mass is 10.2. The second kappa shape index (κ2) is 8.31. The maximum atomic E-state index is 13.1. The Labute approximate surface area is 144 Å². The van der Waals surface area contributed by atoms with Gasteiger partial charge < -0.3 is 16.0 Å². The van der Waals surface area contributed by atoms with Crippen LogP contribution >= 0.6 is 11.6 Å². The summed E-state index contributed by atoms with van der Waals surface area (Å²) in [5.74, 6) is -0.900. The third kappa shape index (κ3) is 5.55. The van der Waals surface area contributed by atoms with Gasteiger partial charge in [-0.05, 0) is 36.4 Å². The van der Waals surface area contributed by atoms with Gasteiger partial charge in [0.1, 0.15) is 5.82 Å². The number of carbonyl (C=O) groups is 2. The molecule has 2 amide bonds. The number of nitrogens with one attached hydrogen (secondary N) is 3. The highest BCUT2D eigenvalue weighted by atomic mass is 35.5. The zero-order chi connectivity index (χ0) is 17.5. The van der Waals surface area contributed by atoms with Crippen molar-refractivity contribution in [3.63, 3.8) is 0 Å². The van der Waals surface area contributed by atoms with Crippen LogP contribution in [0.2, 0.25) is 5.02 Å². The smallest absolute Gasteiger partial charge is 0.226 e. The minimum Gasteiger partial charge on any atom is -0.384 e. The van der Waals surface area contributed by atoms with E-state index in [1.165, 1.54) is 25.1 Å². The molecule has 0 aliphatic heterocycles. The van der Waals surface area contributed by atoms with Crippen LogP contribution in [0.3, 0.4) is 0 Å². The number of amides is 2. The lowest BCUT2D eigenvalue weighted by molar-refractivity contribution is -0.116. The molecule has 0 saturated heterocycles. The third-order valence-electron chi connectivity index (χ3n) is 3.07. The highest BCUT2D eigenvalue weighted by Crippen LogP contribution is 2.19. The molecular weight excluding hydrogens is 333 g/mol. The van der Waals surface area contributed by atoms with Crippen molar-refractivity contribution in [1.29, 1.82) is 0 Å². The zero-order valence-corrected chi connectivity index (χ0v) is 13.8. The summed E-state index contributed by atoms with van der Waals surface area (Å²) in [7, 11) is 0. The van der Waals surface area contributed by atoms with Crippen LogP contribution < -0.4 is 16.0 Å². The van der Waals surface area contributed by atoms with Crippen LogP contribution in [0.1, 0.15) is 13.3 Å². The Kier molecular flexibility index (Phi) is 6.14. The molecule has 0 aliphatic carbocycles. The fraction of sp³-hybridized carbons (Fsp3) is 0.176. The average molecular weight is 350 g/mol. The van der Waals surface area contributed by atoms with E-state index in [1.807, 2.05) is 6.07 Å². The van der Waals surface area contributed by atoms with Gasteiger partial charge in [0.25, 0.3) is 0 Å². The predicted molar refractivity (Wildman–Crippen MR) is 93.9 cm³/mol. The SMILES string of the molecule is CC(=O)Nc1cccc(NCCC(=O)Nc2ccc(F)c(Cl)c2)c1. The molecule has 24 heavy (non-hydrogen) atoms. The Morgan fingerprint density at radius 3 is 2.46 bits per heavy atom. The number of hydrogen-bond acceptors (Lipinski definition) is 3. The van der Waals surface area contributed by atoms with Gasteiger partial charge in [0, 0.05) is 37.0 Å². The minimum absolute atomic E-state index is 0.0410. The van der Waals surface area contributed by atoms with Gasteiger partial charge in [-0.15, -0.1) is 0 Å². The molecule has 3 N–H and O–H groups in total. The molecule has 0 aromatic heterocycles. The summed E-state index contributed by atoms with van der Waals surface area (Å²) >= 11 is 5.66. The monoisotopic (exact) mass is 349 g/mol. The van der Waals surface area contributed by atoms with Crippen LogP contribution in [0, 0.1) is 5.82 Å². The van der Waals surface area contributed by atoms with Gasteiger partial charge in [-0.1, -0.05) is 17.7 Å². The highest BCUT2D eigenvalue weighted by molar-refractivity contribution is 6.31. The van der Waals surface area contributed by atoms with Gasteiger partial charge in [-0.2, -0.15) is 0 Å². The summed E-state index contributed by atoms with van der Waals surface area (Å²) < 4.78 is 13.1. The van der Waals surface area contributed by atoms with Crippen LogP contribution in [-0.2, 0) is 9.59 Å². The molecule has 5 nitrogen and oxygen atoms in total. The molecule has 0 atom stereocenters. The van der Waals surface area contributed by atoms with Crippen LogP contribution in [0.4, 0.5) is 21.5 Å². The lowest BCUT2D eigenvalue weighted by Crippen LogP contribution is -2.16. The summed E-state index contributed by atoms with van der Waals surface area (Å²) in [5.41, 5.74) is 1.91. The Hall–Kier alpha value is -2.60. The molecule has 126 valence electrons. The van der Waals surface area contributed by atoms with Crippen molar-refractivity contribution in [3.8, 4) is 0 Å². The number of anilines is 3. The number of halogens is 2. The topological polar surface area (TPSA) is 70.2 Å². The van der Waals surface area contributed by atoms with Crippen molar-refractivity contribution in [3.05, 3.63) is 53.3 Å². The number of benzene rings is 2. The van der Waals surface area contributed by atoms with E-state index >= 15 is 0 Å². The van der Waals surface area contributed by atoms with Gasteiger partial charge >= 0.3 is 0 Å². The van der Waals surface area contributed by atoms with E-state index in [-0.39, 0.29) is 23.3 Å². The minimum atomic E-state index is -0.532. The summed E-state index contributed by atoms with van der Waals surface area (Å²) in [6.45, 7) is 1.84. The van der Waals surface area contributed by atoms with E-state index in [2.05, 4.69) is 16.0 Å². The first-order valence-electron chi connectivity index (χ1n) is 7.30. The summed E-state index contributed by atoms with van der Waals surface area (Å²) in [4.78, 5) is 22.9. The van der Waals surface area contributed by atoms with Crippen LogP contribution in [0.25, 0.3) is 0 Å². The van der Waals surface area contributed by atoms with Crippen LogP contribution in [0.5, 0.6) is 0 Å². The molecule has 2 aromatic rings.